The maximum Gasteiger partial charge on any atom is 0.263 e. The second-order valence-corrected chi connectivity index (χ2v) is 6.62. The molecule has 100 valence electrons. The zero-order valence-corrected chi connectivity index (χ0v) is 12.6. The van der Waals surface area contributed by atoms with Crippen molar-refractivity contribution < 1.29 is 8.42 Å². The zero-order chi connectivity index (χ0) is 14.0. The van der Waals surface area contributed by atoms with Crippen molar-refractivity contribution >= 4 is 49.0 Å². The Morgan fingerprint density at radius 2 is 2.21 bits per heavy atom. The van der Waals surface area contributed by atoms with Gasteiger partial charge in [0.25, 0.3) is 10.0 Å². The molecule has 2 aromatic rings. The van der Waals surface area contributed by atoms with Crippen LogP contribution in [0.15, 0.2) is 39.8 Å². The summed E-state index contributed by atoms with van der Waals surface area (Å²) < 4.78 is 27.3. The van der Waals surface area contributed by atoms with Gasteiger partial charge in [-0.3, -0.25) is 9.82 Å². The Bertz CT molecular complexity index is 727. The fourth-order valence-electron chi connectivity index (χ4n) is 1.38. The lowest BCUT2D eigenvalue weighted by atomic mass is 10.3. The summed E-state index contributed by atoms with van der Waals surface area (Å²) >= 11 is 8.02. The lowest BCUT2D eigenvalue weighted by Crippen LogP contribution is -2.17. The molecule has 0 aliphatic heterocycles. The first-order valence-corrected chi connectivity index (χ1v) is 7.70. The molecule has 0 aliphatic rings. The SMILES string of the molecule is NC(=S)c1cn[nH]c1NS(=O)(=O)c1cccc(Br)c1. The van der Waals surface area contributed by atoms with Crippen LogP contribution in [-0.4, -0.2) is 23.6 Å². The molecule has 19 heavy (non-hydrogen) atoms. The summed E-state index contributed by atoms with van der Waals surface area (Å²) in [6, 6.07) is 6.32. The fourth-order valence-corrected chi connectivity index (χ4v) is 3.17. The second kappa shape index (κ2) is 5.27. The molecule has 6 nitrogen and oxygen atoms in total. The average molecular weight is 361 g/mol. The van der Waals surface area contributed by atoms with Crippen molar-refractivity contribution in [1.82, 2.24) is 10.2 Å². The summed E-state index contributed by atoms with van der Waals surface area (Å²) in [5.41, 5.74) is 5.81. The normalized spacial score (nSPS) is 11.2. The number of rotatable bonds is 4. The molecule has 0 spiro atoms. The molecule has 1 heterocycles. The van der Waals surface area contributed by atoms with Gasteiger partial charge in [-0.25, -0.2) is 8.42 Å². The molecule has 4 N–H and O–H groups in total. The van der Waals surface area contributed by atoms with Crippen LogP contribution in [0.1, 0.15) is 5.56 Å². The Kier molecular flexibility index (Phi) is 3.88. The van der Waals surface area contributed by atoms with Crippen LogP contribution >= 0.6 is 28.1 Å². The van der Waals surface area contributed by atoms with Crippen molar-refractivity contribution in [3.63, 3.8) is 0 Å². The minimum Gasteiger partial charge on any atom is -0.389 e. The van der Waals surface area contributed by atoms with Gasteiger partial charge in [-0.2, -0.15) is 5.10 Å². The average Bonchev–Trinajstić information content (AvgIpc) is 2.76. The highest BCUT2D eigenvalue weighted by molar-refractivity contribution is 9.10. The van der Waals surface area contributed by atoms with E-state index in [-0.39, 0.29) is 15.7 Å². The van der Waals surface area contributed by atoms with Crippen molar-refractivity contribution in [3.05, 3.63) is 40.5 Å². The fraction of sp³-hybridized carbons (Fsp3) is 0. The highest BCUT2D eigenvalue weighted by atomic mass is 79.9. The minimum absolute atomic E-state index is 0.0562. The lowest BCUT2D eigenvalue weighted by molar-refractivity contribution is 0.601. The van der Waals surface area contributed by atoms with Crippen LogP contribution in [0.5, 0.6) is 0 Å². The van der Waals surface area contributed by atoms with Crippen LogP contribution in [0.25, 0.3) is 0 Å². The number of aromatic amines is 1. The summed E-state index contributed by atoms with van der Waals surface area (Å²) in [4.78, 5) is 0.172. The zero-order valence-electron chi connectivity index (χ0n) is 9.42. The number of benzene rings is 1. The Balaban J connectivity index is 2.37. The van der Waals surface area contributed by atoms with Gasteiger partial charge in [0, 0.05) is 4.47 Å². The third-order valence-corrected chi connectivity index (χ3v) is 4.31. The Hall–Kier alpha value is -1.45. The monoisotopic (exact) mass is 360 g/mol. The highest BCUT2D eigenvalue weighted by Crippen LogP contribution is 2.20. The summed E-state index contributed by atoms with van der Waals surface area (Å²) in [5.74, 6) is 0.146. The van der Waals surface area contributed by atoms with Gasteiger partial charge in [0.15, 0.2) is 0 Å². The number of thiocarbonyl (C=S) groups is 1. The Labute approximate surface area is 123 Å². The van der Waals surface area contributed by atoms with Gasteiger partial charge >= 0.3 is 0 Å². The molecule has 9 heteroatoms. The number of sulfonamides is 1. The molecule has 0 saturated carbocycles. The van der Waals surface area contributed by atoms with E-state index in [9.17, 15) is 8.42 Å². The van der Waals surface area contributed by atoms with E-state index in [1.165, 1.54) is 18.3 Å². The van der Waals surface area contributed by atoms with E-state index in [4.69, 9.17) is 18.0 Å². The molecule has 0 amide bonds. The first-order chi connectivity index (χ1) is 8.90. The molecule has 0 saturated heterocycles. The lowest BCUT2D eigenvalue weighted by Gasteiger charge is -2.07. The Morgan fingerprint density at radius 3 is 2.84 bits per heavy atom. The van der Waals surface area contributed by atoms with Gasteiger partial charge in [0.2, 0.25) is 0 Å². The van der Waals surface area contributed by atoms with Crippen LogP contribution in [0.3, 0.4) is 0 Å². The van der Waals surface area contributed by atoms with E-state index in [2.05, 4.69) is 30.8 Å². The highest BCUT2D eigenvalue weighted by Gasteiger charge is 2.18. The molecule has 1 aromatic heterocycles. The molecule has 0 aliphatic carbocycles. The van der Waals surface area contributed by atoms with Crippen LogP contribution in [0.4, 0.5) is 5.82 Å². The van der Waals surface area contributed by atoms with Gasteiger partial charge in [-0.15, -0.1) is 0 Å². The maximum atomic E-state index is 12.2. The molecular formula is C10H9BrN4O2S2. The minimum atomic E-state index is -3.73. The number of nitrogens with zero attached hydrogens (tertiary/aromatic N) is 1. The number of aromatic nitrogens is 2. The molecule has 0 unspecified atom stereocenters. The van der Waals surface area contributed by atoms with Crippen molar-refractivity contribution in [2.24, 2.45) is 5.73 Å². The van der Waals surface area contributed by atoms with E-state index in [0.29, 0.717) is 10.0 Å². The van der Waals surface area contributed by atoms with Crippen molar-refractivity contribution in [2.45, 2.75) is 4.90 Å². The molecule has 0 radical (unpaired) electrons. The van der Waals surface area contributed by atoms with Crippen molar-refractivity contribution in [1.29, 1.82) is 0 Å². The van der Waals surface area contributed by atoms with Crippen LogP contribution < -0.4 is 10.5 Å². The van der Waals surface area contributed by atoms with Gasteiger partial charge < -0.3 is 5.73 Å². The number of hydrogen-bond donors (Lipinski definition) is 3. The predicted molar refractivity (Wildman–Crippen MR) is 79.4 cm³/mol. The first kappa shape index (κ1) is 14.0. The number of hydrogen-bond acceptors (Lipinski definition) is 4. The van der Waals surface area contributed by atoms with E-state index in [0.717, 1.165) is 0 Å². The number of halogens is 1. The number of H-pyrrole nitrogens is 1. The van der Waals surface area contributed by atoms with E-state index in [1.807, 2.05) is 0 Å². The summed E-state index contributed by atoms with van der Waals surface area (Å²) in [5, 5.41) is 6.22. The first-order valence-electron chi connectivity index (χ1n) is 5.02. The maximum absolute atomic E-state index is 12.2. The van der Waals surface area contributed by atoms with Gasteiger partial charge in [0.1, 0.15) is 10.8 Å². The molecule has 1 aromatic carbocycles. The number of nitrogens with two attached hydrogens (primary N) is 1. The van der Waals surface area contributed by atoms with Gasteiger partial charge in [-0.1, -0.05) is 34.2 Å². The van der Waals surface area contributed by atoms with E-state index < -0.39 is 10.0 Å². The Morgan fingerprint density at radius 1 is 1.47 bits per heavy atom. The number of anilines is 1. The number of nitrogens with one attached hydrogen (secondary N) is 2. The van der Waals surface area contributed by atoms with Gasteiger partial charge in [-0.05, 0) is 18.2 Å². The molecule has 0 atom stereocenters. The van der Waals surface area contributed by atoms with Crippen LogP contribution in [-0.2, 0) is 10.0 Å². The summed E-state index contributed by atoms with van der Waals surface area (Å²) in [7, 11) is -3.73. The van der Waals surface area contributed by atoms with Crippen LogP contribution in [0, 0.1) is 0 Å². The van der Waals surface area contributed by atoms with E-state index >= 15 is 0 Å². The predicted octanol–water partition coefficient (Wildman–Crippen LogP) is 1.61. The second-order valence-electron chi connectivity index (χ2n) is 3.59. The topological polar surface area (TPSA) is 101 Å². The van der Waals surface area contributed by atoms with Crippen LogP contribution in [0.2, 0.25) is 0 Å². The largest absolute Gasteiger partial charge is 0.389 e. The molecular weight excluding hydrogens is 352 g/mol. The third kappa shape index (κ3) is 3.11. The third-order valence-electron chi connectivity index (χ3n) is 2.25. The van der Waals surface area contributed by atoms with Gasteiger partial charge in [0.05, 0.1) is 16.7 Å². The van der Waals surface area contributed by atoms with Crippen molar-refractivity contribution in [2.75, 3.05) is 4.72 Å². The summed E-state index contributed by atoms with van der Waals surface area (Å²) in [6.07, 6.45) is 1.36. The van der Waals surface area contributed by atoms with E-state index in [1.54, 1.807) is 12.1 Å². The molecule has 0 fully saturated rings. The smallest absolute Gasteiger partial charge is 0.263 e. The standard InChI is InChI=1S/C10H9BrN4O2S2/c11-6-2-1-3-7(4-6)19(16,17)15-10-8(9(12)18)5-13-14-10/h1-5H,(H2,12,18)(H2,13,14,15). The quantitative estimate of drug-likeness (QED) is 0.719. The molecule has 0 bridgehead atoms. The van der Waals surface area contributed by atoms with Crippen molar-refractivity contribution in [3.8, 4) is 0 Å². The molecule has 2 rings (SSSR count). The summed E-state index contributed by atoms with van der Waals surface area (Å²) in [6.45, 7) is 0.